The van der Waals surface area contributed by atoms with E-state index >= 15 is 0 Å². The Morgan fingerprint density at radius 1 is 1.07 bits per heavy atom. The first kappa shape index (κ1) is 28.9. The molecule has 0 unspecified atom stereocenters. The van der Waals surface area contributed by atoms with E-state index in [1.54, 1.807) is 41.7 Å². The van der Waals surface area contributed by atoms with Gasteiger partial charge in [0.2, 0.25) is 5.95 Å². The Morgan fingerprint density at radius 3 is 2.40 bits per heavy atom. The molecule has 1 aliphatic heterocycles. The summed E-state index contributed by atoms with van der Waals surface area (Å²) in [6, 6.07) is 3.35. The molecule has 0 spiro atoms. The highest BCUT2D eigenvalue weighted by molar-refractivity contribution is 6.33. The smallest absolute Gasteiger partial charge is 0.410 e. The third-order valence-corrected chi connectivity index (χ3v) is 6.59. The number of nitrogens with one attached hydrogen (secondary N) is 1. The number of benzene rings is 1. The van der Waals surface area contributed by atoms with Crippen molar-refractivity contribution >= 4 is 47.5 Å². The average molecular weight is 569 g/mol. The number of nitrogens with zero attached hydrogens (tertiary/aromatic N) is 5. The Morgan fingerprint density at radius 2 is 1.77 bits per heavy atom. The molecule has 4 rings (SSSR count). The van der Waals surface area contributed by atoms with E-state index in [1.807, 2.05) is 31.6 Å². The summed E-state index contributed by atoms with van der Waals surface area (Å²) < 4.78 is 17.5. The molecule has 1 aliphatic rings. The van der Waals surface area contributed by atoms with Gasteiger partial charge in [0.05, 0.1) is 42.7 Å². The standard InChI is InChI=1S/C28H33ClN6O5/c1-28(2,3)40-27(37)34-10-8-22(9-11-34)35-17-21(16-32-35)33-26-30-14-18(15-31-26)6-7-19-12-20(25(36)39-5)13-23(38-4)24(19)29/h6-7,12-17,22H,8-11H2,1-5H3,(H,30,31,33)/b7-6+. The molecule has 1 amide bonds. The van der Waals surface area contributed by atoms with Crippen LogP contribution < -0.4 is 10.1 Å². The van der Waals surface area contributed by atoms with Crippen molar-refractivity contribution in [3.05, 3.63) is 58.6 Å². The number of esters is 1. The molecular weight excluding hydrogens is 536 g/mol. The molecule has 12 heteroatoms. The molecule has 0 aliphatic carbocycles. The molecule has 11 nitrogen and oxygen atoms in total. The number of anilines is 2. The Bertz CT molecular complexity index is 1370. The van der Waals surface area contributed by atoms with Crippen LogP contribution in [0.4, 0.5) is 16.4 Å². The van der Waals surface area contributed by atoms with Crippen LogP contribution in [-0.4, -0.2) is 69.6 Å². The summed E-state index contributed by atoms with van der Waals surface area (Å²) in [7, 11) is 2.79. The number of ether oxygens (including phenoxy) is 3. The van der Waals surface area contributed by atoms with E-state index in [-0.39, 0.29) is 12.1 Å². The van der Waals surface area contributed by atoms with Crippen molar-refractivity contribution < 1.29 is 23.8 Å². The minimum absolute atomic E-state index is 0.186. The fourth-order valence-corrected chi connectivity index (χ4v) is 4.42. The van der Waals surface area contributed by atoms with Crippen LogP contribution in [0.3, 0.4) is 0 Å². The van der Waals surface area contributed by atoms with Crippen molar-refractivity contribution in [2.45, 2.75) is 45.3 Å². The molecule has 212 valence electrons. The second-order valence-corrected chi connectivity index (χ2v) is 10.7. The monoisotopic (exact) mass is 568 g/mol. The predicted molar refractivity (Wildman–Crippen MR) is 152 cm³/mol. The molecule has 40 heavy (non-hydrogen) atoms. The number of aromatic nitrogens is 4. The lowest BCUT2D eigenvalue weighted by atomic mass is 10.1. The van der Waals surface area contributed by atoms with Crippen molar-refractivity contribution in [1.82, 2.24) is 24.6 Å². The number of piperidine rings is 1. The fraction of sp³-hybridized carbons (Fsp3) is 0.393. The molecule has 3 aromatic rings. The third-order valence-electron chi connectivity index (χ3n) is 6.18. The van der Waals surface area contributed by atoms with Gasteiger partial charge >= 0.3 is 12.1 Å². The largest absolute Gasteiger partial charge is 0.495 e. The van der Waals surface area contributed by atoms with Crippen LogP contribution in [-0.2, 0) is 9.47 Å². The SMILES string of the molecule is COC(=O)c1cc(/C=C/c2cnc(Nc3cnn(C4CCN(C(=O)OC(C)(C)C)CC4)c3)nc2)c(Cl)c(OC)c1. The van der Waals surface area contributed by atoms with Crippen LogP contribution in [0.1, 0.15) is 61.1 Å². The van der Waals surface area contributed by atoms with Gasteiger partial charge < -0.3 is 24.4 Å². The molecule has 2 aromatic heterocycles. The lowest BCUT2D eigenvalue weighted by Crippen LogP contribution is -2.42. The number of carbonyl (C=O) groups excluding carboxylic acids is 2. The van der Waals surface area contributed by atoms with E-state index in [9.17, 15) is 9.59 Å². The quantitative estimate of drug-likeness (QED) is 0.362. The molecule has 0 bridgehead atoms. The molecule has 1 N–H and O–H groups in total. The molecule has 3 heterocycles. The maximum atomic E-state index is 12.3. The molecular formula is C28H33ClN6O5. The molecule has 0 radical (unpaired) electrons. The van der Waals surface area contributed by atoms with Crippen LogP contribution in [0, 0.1) is 0 Å². The summed E-state index contributed by atoms with van der Waals surface area (Å²) in [5.74, 6) is 0.302. The van der Waals surface area contributed by atoms with Gasteiger partial charge in [-0.3, -0.25) is 4.68 Å². The molecule has 1 fully saturated rings. The number of carbonyl (C=O) groups is 2. The van der Waals surface area contributed by atoms with E-state index in [0.717, 1.165) is 24.1 Å². The number of halogens is 1. The van der Waals surface area contributed by atoms with Crippen molar-refractivity contribution in [3.8, 4) is 5.75 Å². The lowest BCUT2D eigenvalue weighted by Gasteiger charge is -2.33. The van der Waals surface area contributed by atoms with E-state index in [1.165, 1.54) is 20.3 Å². The topological polar surface area (TPSA) is 121 Å². The summed E-state index contributed by atoms with van der Waals surface area (Å²) in [6.45, 7) is 6.83. The zero-order valence-electron chi connectivity index (χ0n) is 23.2. The van der Waals surface area contributed by atoms with Crippen LogP contribution in [0.15, 0.2) is 36.9 Å². The van der Waals surface area contributed by atoms with E-state index in [0.29, 0.717) is 40.9 Å². The summed E-state index contributed by atoms with van der Waals surface area (Å²) in [5, 5.41) is 8.03. The number of likely N-dealkylation sites (tertiary alicyclic amines) is 1. The first-order chi connectivity index (χ1) is 19.1. The first-order valence-corrected chi connectivity index (χ1v) is 13.2. The Balaban J connectivity index is 1.35. The zero-order valence-corrected chi connectivity index (χ0v) is 23.9. The normalized spacial score (nSPS) is 14.3. The zero-order chi connectivity index (χ0) is 28.9. The van der Waals surface area contributed by atoms with Gasteiger partial charge in [0.1, 0.15) is 11.4 Å². The second kappa shape index (κ2) is 12.4. The predicted octanol–water partition coefficient (Wildman–Crippen LogP) is 5.61. The number of hydrogen-bond acceptors (Lipinski definition) is 9. The summed E-state index contributed by atoms with van der Waals surface area (Å²) in [4.78, 5) is 34.8. The van der Waals surface area contributed by atoms with Gasteiger partial charge in [-0.05, 0) is 51.3 Å². The van der Waals surface area contributed by atoms with Crippen LogP contribution in [0.25, 0.3) is 12.2 Å². The molecule has 0 atom stereocenters. The Labute approximate surface area is 238 Å². The number of methoxy groups -OCH3 is 2. The Hall–Kier alpha value is -4.12. The number of rotatable bonds is 7. The highest BCUT2D eigenvalue weighted by atomic mass is 35.5. The fourth-order valence-electron chi connectivity index (χ4n) is 4.17. The van der Waals surface area contributed by atoms with Gasteiger partial charge in [0, 0.05) is 37.2 Å². The van der Waals surface area contributed by atoms with Gasteiger partial charge in [0.15, 0.2) is 0 Å². The van der Waals surface area contributed by atoms with Gasteiger partial charge in [0.25, 0.3) is 0 Å². The van der Waals surface area contributed by atoms with Crippen molar-refractivity contribution in [3.63, 3.8) is 0 Å². The summed E-state index contributed by atoms with van der Waals surface area (Å²) in [6.07, 6.45) is 11.8. The van der Waals surface area contributed by atoms with E-state index < -0.39 is 11.6 Å². The highest BCUT2D eigenvalue weighted by Gasteiger charge is 2.28. The van der Waals surface area contributed by atoms with Gasteiger partial charge in [-0.25, -0.2) is 19.6 Å². The van der Waals surface area contributed by atoms with Gasteiger partial charge in [-0.1, -0.05) is 23.8 Å². The van der Waals surface area contributed by atoms with Crippen LogP contribution in [0.2, 0.25) is 5.02 Å². The van der Waals surface area contributed by atoms with Gasteiger partial charge in [-0.15, -0.1) is 0 Å². The van der Waals surface area contributed by atoms with E-state index in [4.69, 9.17) is 25.8 Å². The molecule has 1 saturated heterocycles. The highest BCUT2D eigenvalue weighted by Crippen LogP contribution is 2.31. The van der Waals surface area contributed by atoms with Crippen molar-refractivity contribution in [2.75, 3.05) is 32.6 Å². The maximum absolute atomic E-state index is 12.3. The number of amides is 1. The maximum Gasteiger partial charge on any atom is 0.410 e. The summed E-state index contributed by atoms with van der Waals surface area (Å²) in [5.41, 5.74) is 1.90. The molecule has 1 aromatic carbocycles. The second-order valence-electron chi connectivity index (χ2n) is 10.3. The van der Waals surface area contributed by atoms with Gasteiger partial charge in [-0.2, -0.15) is 5.10 Å². The third kappa shape index (κ3) is 7.29. The number of hydrogen-bond donors (Lipinski definition) is 1. The van der Waals surface area contributed by atoms with Crippen LogP contribution >= 0.6 is 11.6 Å². The van der Waals surface area contributed by atoms with Crippen LogP contribution in [0.5, 0.6) is 5.75 Å². The molecule has 0 saturated carbocycles. The lowest BCUT2D eigenvalue weighted by molar-refractivity contribution is 0.0184. The first-order valence-electron chi connectivity index (χ1n) is 12.8. The minimum Gasteiger partial charge on any atom is -0.495 e. The van der Waals surface area contributed by atoms with Crippen molar-refractivity contribution in [1.29, 1.82) is 0 Å². The average Bonchev–Trinajstić information content (AvgIpc) is 3.40. The minimum atomic E-state index is -0.507. The Kier molecular flexibility index (Phi) is 8.93. The summed E-state index contributed by atoms with van der Waals surface area (Å²) >= 11 is 6.41. The van der Waals surface area contributed by atoms with E-state index in [2.05, 4.69) is 20.4 Å². The van der Waals surface area contributed by atoms with Crippen molar-refractivity contribution in [2.24, 2.45) is 0 Å².